The van der Waals surface area contributed by atoms with Crippen LogP contribution in [0.25, 0.3) is 0 Å². The molecule has 1 aromatic rings. The Labute approximate surface area is 227 Å². The molecule has 1 aliphatic carbocycles. The summed E-state index contributed by atoms with van der Waals surface area (Å²) in [5, 5.41) is 11.3. The van der Waals surface area contributed by atoms with Gasteiger partial charge in [0.25, 0.3) is 0 Å². The molecule has 5 heteroatoms. The third-order valence-electron chi connectivity index (χ3n) is 8.28. The third kappa shape index (κ3) is 8.70. The van der Waals surface area contributed by atoms with Gasteiger partial charge < -0.3 is 14.6 Å². The Morgan fingerprint density at radius 3 is 2.31 bits per heavy atom. The number of allylic oxidation sites excluding steroid dienone is 1. The minimum atomic E-state index is -1.43. The Bertz CT molecular complexity index is 848. The van der Waals surface area contributed by atoms with Crippen LogP contribution in [0.15, 0.2) is 35.5 Å². The molecule has 0 bridgehead atoms. The summed E-state index contributed by atoms with van der Waals surface area (Å²) in [5.41, 5.74) is 5.73. The average molecular weight is 535 g/mol. The Hall–Kier alpha value is -0.653. The molecule has 1 aliphatic heterocycles. The molecule has 4 atom stereocenters. The molecule has 1 saturated carbocycles. The smallest absolute Gasteiger partial charge is 0.165 e. The molecule has 0 amide bonds. The van der Waals surface area contributed by atoms with E-state index in [9.17, 15) is 5.11 Å². The van der Waals surface area contributed by atoms with Crippen molar-refractivity contribution in [3.8, 4) is 0 Å². The molecular weight excluding hydrogens is 484 g/mol. The number of ether oxygens (including phenoxy) is 2. The van der Waals surface area contributed by atoms with Gasteiger partial charge in [0.05, 0.1) is 21.3 Å². The van der Waals surface area contributed by atoms with E-state index in [2.05, 4.69) is 65.2 Å². The standard InChI is InChI=1S/C31H51ClO3Si/c1-23-11-16-28(25(19-33)10-8-9-24-12-14-26(32)15-13-24)29(20-36(5,6)7)27(23)17-18-31(4)34-21-30(2,3)22-35-31/h12-15,20,23,25,27-28,33H,8-11,16-19,21-22H2,1-7H3/b29-20+/t23-,25+,27+,28+/m1/s1. The van der Waals surface area contributed by atoms with Crippen LogP contribution in [0.1, 0.15) is 71.8 Å². The van der Waals surface area contributed by atoms with Crippen molar-refractivity contribution in [2.24, 2.45) is 29.1 Å². The summed E-state index contributed by atoms with van der Waals surface area (Å²) >= 11 is 6.06. The summed E-state index contributed by atoms with van der Waals surface area (Å²) in [6.07, 6.45) is 7.64. The van der Waals surface area contributed by atoms with E-state index in [-0.39, 0.29) is 12.0 Å². The highest BCUT2D eigenvalue weighted by atomic mass is 35.5. The molecule has 1 aromatic carbocycles. The van der Waals surface area contributed by atoms with E-state index < -0.39 is 13.9 Å². The lowest BCUT2D eigenvalue weighted by Gasteiger charge is -2.45. The van der Waals surface area contributed by atoms with Gasteiger partial charge in [-0.25, -0.2) is 0 Å². The number of rotatable bonds is 10. The van der Waals surface area contributed by atoms with Crippen LogP contribution in [0.2, 0.25) is 24.7 Å². The van der Waals surface area contributed by atoms with Crippen LogP contribution in [0.5, 0.6) is 0 Å². The Balaban J connectivity index is 1.72. The van der Waals surface area contributed by atoms with Gasteiger partial charge in [0.15, 0.2) is 5.79 Å². The molecule has 0 unspecified atom stereocenters. The van der Waals surface area contributed by atoms with E-state index in [0.29, 0.717) is 23.7 Å². The number of hydrogen-bond donors (Lipinski definition) is 1. The van der Waals surface area contributed by atoms with Gasteiger partial charge in [-0.15, -0.1) is 0 Å². The Kier molecular flexibility index (Phi) is 10.4. The summed E-state index contributed by atoms with van der Waals surface area (Å²) in [6.45, 7) is 18.1. The fourth-order valence-electron chi connectivity index (χ4n) is 6.07. The molecule has 1 heterocycles. The van der Waals surface area contributed by atoms with Crippen molar-refractivity contribution in [1.82, 2.24) is 0 Å². The van der Waals surface area contributed by atoms with E-state index in [1.807, 2.05) is 12.1 Å². The minimum absolute atomic E-state index is 0.0893. The van der Waals surface area contributed by atoms with E-state index in [1.165, 1.54) is 18.4 Å². The molecule has 204 valence electrons. The molecule has 1 N–H and O–H groups in total. The number of halogens is 1. The molecule has 3 nitrogen and oxygen atoms in total. The van der Waals surface area contributed by atoms with Crippen LogP contribution < -0.4 is 0 Å². The minimum Gasteiger partial charge on any atom is -0.396 e. The van der Waals surface area contributed by atoms with Gasteiger partial charge >= 0.3 is 0 Å². The van der Waals surface area contributed by atoms with Gasteiger partial charge in [-0.05, 0) is 86.8 Å². The maximum absolute atomic E-state index is 10.5. The van der Waals surface area contributed by atoms with Gasteiger partial charge in [-0.1, -0.05) is 75.4 Å². The van der Waals surface area contributed by atoms with Crippen molar-refractivity contribution in [3.63, 3.8) is 0 Å². The SMILES string of the molecule is C[C@@H]1CC[C@@H]([C@H](CO)CCCc2ccc(Cl)cc2)/C(=C/[Si](C)(C)C)[C@H]1CCC1(C)OCC(C)(C)CO1. The van der Waals surface area contributed by atoms with Crippen LogP contribution in [-0.2, 0) is 15.9 Å². The van der Waals surface area contributed by atoms with Gasteiger partial charge in [-0.3, -0.25) is 0 Å². The summed E-state index contributed by atoms with van der Waals surface area (Å²) in [6, 6.07) is 8.21. The highest BCUT2D eigenvalue weighted by Crippen LogP contribution is 2.47. The van der Waals surface area contributed by atoms with Crippen LogP contribution in [0.3, 0.4) is 0 Å². The number of aliphatic hydroxyl groups is 1. The first kappa shape index (κ1) is 29.9. The van der Waals surface area contributed by atoms with Gasteiger partial charge in [0.2, 0.25) is 0 Å². The van der Waals surface area contributed by atoms with Gasteiger partial charge in [-0.2, -0.15) is 0 Å². The second-order valence-electron chi connectivity index (χ2n) is 13.7. The fraction of sp³-hybridized carbons (Fsp3) is 0.742. The molecule has 2 fully saturated rings. The second-order valence-corrected chi connectivity index (χ2v) is 19.1. The van der Waals surface area contributed by atoms with Crippen molar-refractivity contribution in [2.45, 2.75) is 98.1 Å². The van der Waals surface area contributed by atoms with Gasteiger partial charge in [0.1, 0.15) is 0 Å². The number of benzene rings is 1. The lowest BCUT2D eigenvalue weighted by Crippen LogP contribution is -2.46. The predicted octanol–water partition coefficient (Wildman–Crippen LogP) is 8.31. The number of aliphatic hydroxyl groups excluding tert-OH is 1. The summed E-state index contributed by atoms with van der Waals surface area (Å²) < 4.78 is 12.5. The van der Waals surface area contributed by atoms with Gasteiger partial charge in [0, 0.05) is 23.5 Å². The average Bonchev–Trinajstić information content (AvgIpc) is 2.80. The molecule has 1 saturated heterocycles. The van der Waals surface area contributed by atoms with Crippen LogP contribution in [0, 0.1) is 29.1 Å². The maximum Gasteiger partial charge on any atom is 0.165 e. The zero-order valence-corrected chi connectivity index (χ0v) is 25.7. The highest BCUT2D eigenvalue weighted by molar-refractivity contribution is 6.81. The zero-order chi connectivity index (χ0) is 26.6. The topological polar surface area (TPSA) is 38.7 Å². The molecule has 36 heavy (non-hydrogen) atoms. The van der Waals surface area contributed by atoms with Crippen LogP contribution in [-0.4, -0.2) is 38.8 Å². The first-order valence-electron chi connectivity index (χ1n) is 14.2. The zero-order valence-electron chi connectivity index (χ0n) is 23.9. The monoisotopic (exact) mass is 534 g/mol. The molecule has 0 radical (unpaired) electrons. The Morgan fingerprint density at radius 2 is 1.72 bits per heavy atom. The summed E-state index contributed by atoms with van der Waals surface area (Å²) in [4.78, 5) is 0. The van der Waals surface area contributed by atoms with Crippen molar-refractivity contribution in [3.05, 3.63) is 46.1 Å². The molecule has 3 rings (SSSR count). The van der Waals surface area contributed by atoms with E-state index in [1.54, 1.807) is 5.57 Å². The van der Waals surface area contributed by atoms with Crippen molar-refractivity contribution < 1.29 is 14.6 Å². The van der Waals surface area contributed by atoms with E-state index >= 15 is 0 Å². The fourth-order valence-corrected chi connectivity index (χ4v) is 7.62. The van der Waals surface area contributed by atoms with Crippen molar-refractivity contribution in [2.75, 3.05) is 19.8 Å². The number of hydrogen-bond acceptors (Lipinski definition) is 3. The quantitative estimate of drug-likeness (QED) is 0.307. The molecule has 2 aliphatic rings. The maximum atomic E-state index is 10.5. The van der Waals surface area contributed by atoms with Crippen molar-refractivity contribution in [1.29, 1.82) is 0 Å². The highest BCUT2D eigenvalue weighted by Gasteiger charge is 2.41. The Morgan fingerprint density at radius 1 is 1.08 bits per heavy atom. The largest absolute Gasteiger partial charge is 0.396 e. The lowest BCUT2D eigenvalue weighted by molar-refractivity contribution is -0.293. The molecule has 0 aromatic heterocycles. The third-order valence-corrected chi connectivity index (χ3v) is 9.73. The first-order valence-corrected chi connectivity index (χ1v) is 18.1. The normalized spacial score (nSPS) is 28.2. The number of aryl methyl sites for hydroxylation is 1. The van der Waals surface area contributed by atoms with Crippen molar-refractivity contribution >= 4 is 19.7 Å². The molecular formula is C31H51ClO3Si. The lowest BCUT2D eigenvalue weighted by atomic mass is 9.65. The summed E-state index contributed by atoms with van der Waals surface area (Å²) in [5.74, 6) is 1.52. The molecule has 0 spiro atoms. The van der Waals surface area contributed by atoms with Crippen LogP contribution in [0.4, 0.5) is 0 Å². The second kappa shape index (κ2) is 12.5. The van der Waals surface area contributed by atoms with Crippen LogP contribution >= 0.6 is 11.6 Å². The van der Waals surface area contributed by atoms with E-state index in [4.69, 9.17) is 21.1 Å². The first-order chi connectivity index (χ1) is 16.8. The predicted molar refractivity (Wildman–Crippen MR) is 155 cm³/mol. The summed E-state index contributed by atoms with van der Waals surface area (Å²) in [7, 11) is -1.43. The van der Waals surface area contributed by atoms with E-state index in [0.717, 1.165) is 50.3 Å².